The van der Waals surface area contributed by atoms with Crippen LogP contribution in [0.1, 0.15) is 53.4 Å². The number of nitrogens with one attached hydrogen (secondary N) is 2. The standard InChI is InChI=1S/C23H25N3O4.ClH/c1-23(6-7-23)24-11-14-8-13-9-16-12(10-17(13)26(14)2)4-3-5-15-19(16)25-21(28)18(20(15)27)22(29)30;/h8-10,24H,3-7,11H2,1-2H3,(H,29,30)(H2,25,27,28);1H. The van der Waals surface area contributed by atoms with E-state index in [1.54, 1.807) is 0 Å². The Bertz CT molecular complexity index is 1270. The molecule has 7 nitrogen and oxygen atoms in total. The molecule has 3 aromatic rings. The number of aromatic amines is 1. The third kappa shape index (κ3) is 3.51. The number of aryl methyl sites for hydroxylation is 2. The molecule has 164 valence electrons. The third-order valence-electron chi connectivity index (χ3n) is 6.71. The lowest BCUT2D eigenvalue weighted by Gasteiger charge is -2.13. The number of halogens is 1. The van der Waals surface area contributed by atoms with E-state index in [4.69, 9.17) is 0 Å². The van der Waals surface area contributed by atoms with Gasteiger partial charge in [-0.05, 0) is 62.8 Å². The highest BCUT2D eigenvalue weighted by Gasteiger charge is 2.36. The Morgan fingerprint density at radius 3 is 2.68 bits per heavy atom. The van der Waals surface area contributed by atoms with Gasteiger partial charge in [-0.2, -0.15) is 0 Å². The van der Waals surface area contributed by atoms with Crippen molar-refractivity contribution < 1.29 is 15.0 Å². The molecule has 0 atom stereocenters. The molecule has 5 rings (SSSR count). The Labute approximate surface area is 185 Å². The van der Waals surface area contributed by atoms with Crippen molar-refractivity contribution in [2.75, 3.05) is 0 Å². The van der Waals surface area contributed by atoms with Crippen molar-refractivity contribution in [3.8, 4) is 17.0 Å². The van der Waals surface area contributed by atoms with Gasteiger partial charge in [-0.3, -0.25) is 4.79 Å². The maximum absolute atomic E-state index is 12.4. The molecule has 0 amide bonds. The lowest BCUT2D eigenvalue weighted by molar-refractivity contribution is 0.0691. The van der Waals surface area contributed by atoms with Gasteiger partial charge in [0.2, 0.25) is 0 Å². The number of carboxylic acids is 1. The average molecular weight is 444 g/mol. The predicted octanol–water partition coefficient (Wildman–Crippen LogP) is 3.49. The van der Waals surface area contributed by atoms with Crippen LogP contribution >= 0.6 is 12.4 Å². The molecule has 2 heterocycles. The van der Waals surface area contributed by atoms with Crippen molar-refractivity contribution in [1.29, 1.82) is 0 Å². The number of fused-ring (bicyclic) bond motifs is 4. The molecule has 0 aliphatic heterocycles. The summed E-state index contributed by atoms with van der Waals surface area (Å²) < 4.78 is 2.20. The van der Waals surface area contributed by atoms with Gasteiger partial charge in [0, 0.05) is 46.9 Å². The Morgan fingerprint density at radius 2 is 2.00 bits per heavy atom. The molecular formula is C23H26ClN3O4. The number of hydrogen-bond acceptors (Lipinski definition) is 4. The van der Waals surface area contributed by atoms with Crippen molar-refractivity contribution in [3.63, 3.8) is 0 Å². The molecule has 0 unspecified atom stereocenters. The molecule has 1 aromatic carbocycles. The Kier molecular flexibility index (Phi) is 5.14. The topological polar surface area (TPSA) is 107 Å². The summed E-state index contributed by atoms with van der Waals surface area (Å²) in [5, 5.41) is 24.5. The molecule has 1 fully saturated rings. The minimum absolute atomic E-state index is 0. The molecule has 2 aliphatic rings. The molecular weight excluding hydrogens is 418 g/mol. The zero-order chi connectivity index (χ0) is 21.2. The van der Waals surface area contributed by atoms with Crippen LogP contribution in [0.5, 0.6) is 5.75 Å². The Balaban J connectivity index is 0.00000231. The largest absolute Gasteiger partial charge is 0.506 e. The van der Waals surface area contributed by atoms with E-state index in [9.17, 15) is 19.8 Å². The number of pyridine rings is 1. The van der Waals surface area contributed by atoms with Gasteiger partial charge in [0.15, 0.2) is 5.56 Å². The van der Waals surface area contributed by atoms with Crippen molar-refractivity contribution in [1.82, 2.24) is 14.9 Å². The lowest BCUT2D eigenvalue weighted by Crippen LogP contribution is -2.27. The highest BCUT2D eigenvalue weighted by atomic mass is 35.5. The summed E-state index contributed by atoms with van der Waals surface area (Å²) in [5.74, 6) is -1.83. The Hall–Kier alpha value is -2.77. The molecule has 0 radical (unpaired) electrons. The molecule has 31 heavy (non-hydrogen) atoms. The fourth-order valence-corrected chi connectivity index (χ4v) is 4.52. The number of nitrogens with zero attached hydrogens (tertiary/aromatic N) is 1. The van der Waals surface area contributed by atoms with Crippen LogP contribution in [0.2, 0.25) is 0 Å². The number of carbonyl (C=O) groups is 1. The van der Waals surface area contributed by atoms with Crippen LogP contribution in [0.25, 0.3) is 22.2 Å². The van der Waals surface area contributed by atoms with Crippen molar-refractivity contribution in [3.05, 3.63) is 50.9 Å². The van der Waals surface area contributed by atoms with E-state index in [1.807, 2.05) is 6.07 Å². The molecule has 1 saturated carbocycles. The number of carboxylic acid groups (broad SMARTS) is 1. The fourth-order valence-electron chi connectivity index (χ4n) is 4.52. The van der Waals surface area contributed by atoms with E-state index in [0.717, 1.165) is 41.4 Å². The monoisotopic (exact) mass is 443 g/mol. The van der Waals surface area contributed by atoms with Crippen LogP contribution in [0.4, 0.5) is 0 Å². The summed E-state index contributed by atoms with van der Waals surface area (Å²) in [6.07, 6.45) is 4.48. The summed E-state index contributed by atoms with van der Waals surface area (Å²) in [5.41, 5.74) is 4.20. The summed E-state index contributed by atoms with van der Waals surface area (Å²) in [4.78, 5) is 26.5. The van der Waals surface area contributed by atoms with Gasteiger partial charge in [0.1, 0.15) is 5.75 Å². The van der Waals surface area contributed by atoms with Gasteiger partial charge in [-0.1, -0.05) is 0 Å². The molecule has 0 bridgehead atoms. The fraction of sp³-hybridized carbons (Fsp3) is 0.391. The van der Waals surface area contributed by atoms with E-state index in [1.165, 1.54) is 18.5 Å². The van der Waals surface area contributed by atoms with E-state index in [-0.39, 0.29) is 17.9 Å². The van der Waals surface area contributed by atoms with E-state index in [0.29, 0.717) is 17.7 Å². The minimum Gasteiger partial charge on any atom is -0.506 e. The van der Waals surface area contributed by atoms with Crippen LogP contribution < -0.4 is 10.9 Å². The van der Waals surface area contributed by atoms with Gasteiger partial charge < -0.3 is 25.1 Å². The molecule has 4 N–H and O–H groups in total. The first-order valence-corrected chi connectivity index (χ1v) is 10.4. The number of benzene rings is 1. The van der Waals surface area contributed by atoms with Crippen molar-refractivity contribution in [2.24, 2.45) is 7.05 Å². The molecule has 2 aromatic heterocycles. The summed E-state index contributed by atoms with van der Waals surface area (Å²) in [6.45, 7) is 3.03. The second-order valence-corrected chi connectivity index (χ2v) is 8.87. The highest BCUT2D eigenvalue weighted by molar-refractivity contribution is 5.93. The van der Waals surface area contributed by atoms with Gasteiger partial charge in [0.25, 0.3) is 5.56 Å². The highest BCUT2D eigenvalue weighted by Crippen LogP contribution is 2.39. The van der Waals surface area contributed by atoms with E-state index < -0.39 is 22.8 Å². The first-order valence-electron chi connectivity index (χ1n) is 10.4. The lowest BCUT2D eigenvalue weighted by atomic mass is 9.98. The second kappa shape index (κ2) is 7.43. The summed E-state index contributed by atoms with van der Waals surface area (Å²) in [7, 11) is 2.07. The first kappa shape index (κ1) is 21.5. The van der Waals surface area contributed by atoms with E-state index in [2.05, 4.69) is 41.0 Å². The zero-order valence-corrected chi connectivity index (χ0v) is 18.4. The summed E-state index contributed by atoms with van der Waals surface area (Å²) >= 11 is 0. The maximum atomic E-state index is 12.4. The normalized spacial score (nSPS) is 16.2. The maximum Gasteiger partial charge on any atom is 0.345 e. The molecule has 8 heteroatoms. The van der Waals surface area contributed by atoms with Gasteiger partial charge >= 0.3 is 5.97 Å². The number of aromatic hydroxyl groups is 1. The first-order chi connectivity index (χ1) is 14.3. The SMILES string of the molecule is Cl.Cn1c(CNC2(C)CC2)cc2cc3c(cc21)CCCc1c-3[nH]c(=O)c(C(=O)O)c1O. The molecule has 2 aliphatic carbocycles. The smallest absolute Gasteiger partial charge is 0.345 e. The molecule has 0 spiro atoms. The second-order valence-electron chi connectivity index (χ2n) is 8.87. The van der Waals surface area contributed by atoms with Gasteiger partial charge in [0.05, 0.1) is 5.69 Å². The number of aromatic carboxylic acids is 1. The van der Waals surface area contributed by atoms with E-state index >= 15 is 0 Å². The minimum atomic E-state index is -1.42. The van der Waals surface area contributed by atoms with Crippen LogP contribution in [-0.2, 0) is 26.4 Å². The predicted molar refractivity (Wildman–Crippen MR) is 121 cm³/mol. The number of H-pyrrole nitrogens is 1. The van der Waals surface area contributed by atoms with Gasteiger partial charge in [-0.25, -0.2) is 4.79 Å². The quantitative estimate of drug-likeness (QED) is 0.493. The van der Waals surface area contributed by atoms with Crippen molar-refractivity contribution >= 4 is 29.3 Å². The van der Waals surface area contributed by atoms with Crippen LogP contribution in [0, 0.1) is 0 Å². The summed E-state index contributed by atoms with van der Waals surface area (Å²) in [6, 6.07) is 6.36. The molecule has 0 saturated heterocycles. The van der Waals surface area contributed by atoms with Crippen molar-refractivity contribution in [2.45, 2.75) is 51.1 Å². The number of aromatic nitrogens is 2. The van der Waals surface area contributed by atoms with Crippen LogP contribution in [0.15, 0.2) is 23.0 Å². The Morgan fingerprint density at radius 1 is 1.26 bits per heavy atom. The van der Waals surface area contributed by atoms with Crippen LogP contribution in [0.3, 0.4) is 0 Å². The van der Waals surface area contributed by atoms with Crippen LogP contribution in [-0.4, -0.2) is 31.3 Å². The number of rotatable bonds is 4. The average Bonchev–Trinajstić information content (AvgIpc) is 3.38. The third-order valence-corrected chi connectivity index (χ3v) is 6.71. The zero-order valence-electron chi connectivity index (χ0n) is 17.5. The number of hydrogen-bond donors (Lipinski definition) is 4. The van der Waals surface area contributed by atoms with Gasteiger partial charge in [-0.15, -0.1) is 12.4 Å².